The van der Waals surface area contributed by atoms with Crippen LogP contribution in [0.3, 0.4) is 0 Å². The zero-order valence-electron chi connectivity index (χ0n) is 27.4. The van der Waals surface area contributed by atoms with Crippen molar-refractivity contribution in [1.82, 2.24) is 0 Å². The van der Waals surface area contributed by atoms with E-state index < -0.39 is 18.2 Å². The Bertz CT molecular complexity index is 487. The Balaban J connectivity index is 0.000000793. The fourth-order valence-electron chi connectivity index (χ4n) is 5.09. The number of ether oxygens (including phenoxy) is 3. The van der Waals surface area contributed by atoms with Crippen molar-refractivity contribution in [1.29, 1.82) is 0 Å². The smallest absolute Gasteiger partial charge is 0.114 e. The lowest BCUT2D eigenvalue weighted by Crippen LogP contribution is -2.39. The highest BCUT2D eigenvalue weighted by molar-refractivity contribution is 6.11. The molecule has 5 atom stereocenters. The number of hydrogen-bond donors (Lipinski definition) is 2. The topological polar surface area (TPSA) is 68.2 Å². The van der Waals surface area contributed by atoms with E-state index in [9.17, 15) is 5.11 Å². The van der Waals surface area contributed by atoms with E-state index in [2.05, 4.69) is 6.92 Å². The number of aliphatic hydroxyl groups excluding tert-OH is 2. The van der Waals surface area contributed by atoms with Crippen LogP contribution in [0.2, 0.25) is 0 Å². The molecule has 0 bridgehead atoms. The molecule has 0 aliphatic carbocycles. The van der Waals surface area contributed by atoms with Crippen LogP contribution in [-0.2, 0) is 14.2 Å². The van der Waals surface area contributed by atoms with Gasteiger partial charge in [-0.25, -0.2) is 0 Å². The van der Waals surface area contributed by atoms with Gasteiger partial charge < -0.3 is 24.4 Å². The molecule has 0 aromatic carbocycles. The lowest BCUT2D eigenvalue weighted by atomic mass is 9.93. The second kappa shape index (κ2) is 29.0. The second-order valence-electron chi connectivity index (χ2n) is 12.3. The average molecular weight is 569 g/mol. The fraction of sp³-hybridized carbons (Fsp3) is 1.00. The minimum absolute atomic E-state index is 0.0742. The van der Waals surface area contributed by atoms with Crippen molar-refractivity contribution < 1.29 is 24.4 Å². The molecular formula is C34H69BO5. The monoisotopic (exact) mass is 569 g/mol. The second-order valence-corrected chi connectivity index (χ2v) is 12.3. The molecule has 1 aliphatic heterocycles. The van der Waals surface area contributed by atoms with Crippen LogP contribution in [0.25, 0.3) is 0 Å². The van der Waals surface area contributed by atoms with Gasteiger partial charge in [0.1, 0.15) is 26.2 Å². The van der Waals surface area contributed by atoms with Crippen LogP contribution in [0, 0.1) is 0 Å². The van der Waals surface area contributed by atoms with E-state index in [1.807, 2.05) is 27.7 Å². The largest absolute Gasteiger partial charge is 0.396 e. The average Bonchev–Trinajstić information content (AvgIpc) is 3.21. The molecular weight excluding hydrogens is 499 g/mol. The fourth-order valence-corrected chi connectivity index (χ4v) is 5.09. The first-order valence-electron chi connectivity index (χ1n) is 17.3. The molecule has 1 saturated heterocycles. The van der Waals surface area contributed by atoms with Gasteiger partial charge in [0.15, 0.2) is 0 Å². The van der Waals surface area contributed by atoms with Gasteiger partial charge in [-0.2, -0.15) is 0 Å². The molecule has 0 amide bonds. The molecule has 0 aromatic rings. The third-order valence-corrected chi connectivity index (χ3v) is 7.94. The Hall–Kier alpha value is -0.135. The maximum atomic E-state index is 9.91. The van der Waals surface area contributed by atoms with Crippen molar-refractivity contribution >= 4 is 7.85 Å². The Morgan fingerprint density at radius 1 is 0.675 bits per heavy atom. The van der Waals surface area contributed by atoms with Crippen LogP contribution >= 0.6 is 0 Å². The lowest BCUT2D eigenvalue weighted by molar-refractivity contribution is -0.0978. The van der Waals surface area contributed by atoms with Gasteiger partial charge in [0, 0.05) is 12.6 Å². The minimum Gasteiger partial charge on any atom is -0.396 e. The summed E-state index contributed by atoms with van der Waals surface area (Å²) in [5, 5.41) is 18.6. The maximum Gasteiger partial charge on any atom is 0.114 e. The SMILES string of the molecule is CCCCCCCCCCCCCCCCCCCCCCO.[B]C1OC(COC(C)C)C(OC(C)CC)C1O. The normalized spacial score (nSPS) is 21.5. The molecule has 1 aliphatic rings. The molecule has 40 heavy (non-hydrogen) atoms. The summed E-state index contributed by atoms with van der Waals surface area (Å²) in [6.07, 6.45) is 27.7. The predicted molar refractivity (Wildman–Crippen MR) is 171 cm³/mol. The van der Waals surface area contributed by atoms with E-state index in [0.29, 0.717) is 13.2 Å². The highest BCUT2D eigenvalue weighted by atomic mass is 16.6. The van der Waals surface area contributed by atoms with E-state index in [1.165, 1.54) is 122 Å². The number of unbranched alkanes of at least 4 members (excludes halogenated alkanes) is 19. The Morgan fingerprint density at radius 3 is 1.43 bits per heavy atom. The van der Waals surface area contributed by atoms with Crippen molar-refractivity contribution in [2.75, 3.05) is 13.2 Å². The Morgan fingerprint density at radius 2 is 1.07 bits per heavy atom. The summed E-state index contributed by atoms with van der Waals surface area (Å²) < 4.78 is 16.7. The molecule has 0 saturated carbocycles. The molecule has 1 rings (SSSR count). The third-order valence-electron chi connectivity index (χ3n) is 7.94. The van der Waals surface area contributed by atoms with E-state index in [-0.39, 0.29) is 18.3 Å². The summed E-state index contributed by atoms with van der Waals surface area (Å²) in [6.45, 7) is 11.0. The van der Waals surface area contributed by atoms with Crippen LogP contribution in [-0.4, -0.2) is 67.8 Å². The summed E-state index contributed by atoms with van der Waals surface area (Å²) in [6, 6.07) is -0.690. The highest BCUT2D eigenvalue weighted by Gasteiger charge is 2.42. The summed E-state index contributed by atoms with van der Waals surface area (Å²) >= 11 is 0. The number of aliphatic hydroxyl groups is 2. The van der Waals surface area contributed by atoms with Gasteiger partial charge in [-0.05, 0) is 33.6 Å². The molecule has 5 nitrogen and oxygen atoms in total. The van der Waals surface area contributed by atoms with Gasteiger partial charge >= 0.3 is 0 Å². The Kier molecular flexibility index (Phi) is 28.9. The van der Waals surface area contributed by atoms with Crippen LogP contribution in [0.1, 0.15) is 169 Å². The van der Waals surface area contributed by atoms with Crippen LogP contribution in [0.15, 0.2) is 0 Å². The predicted octanol–water partition coefficient (Wildman–Crippen LogP) is 8.65. The maximum absolute atomic E-state index is 9.91. The van der Waals surface area contributed by atoms with Gasteiger partial charge in [0.05, 0.1) is 18.8 Å². The van der Waals surface area contributed by atoms with Crippen molar-refractivity contribution in [3.8, 4) is 0 Å². The molecule has 2 radical (unpaired) electrons. The van der Waals surface area contributed by atoms with Crippen LogP contribution in [0.5, 0.6) is 0 Å². The zero-order chi connectivity index (χ0) is 29.8. The van der Waals surface area contributed by atoms with Crippen molar-refractivity contribution in [2.45, 2.75) is 206 Å². The van der Waals surface area contributed by atoms with Crippen LogP contribution in [0.4, 0.5) is 0 Å². The standard InChI is InChI=1S/C22H46O.C12H23BO4/c1-2-3-4-5-6-7-8-9-10-11-12-13-14-15-16-17-18-19-20-21-22-23;1-5-8(4)16-11-9(6-15-7(2)3)17-12(13)10(11)14/h23H,2-22H2,1H3;7-12,14H,5-6H2,1-4H3. The highest BCUT2D eigenvalue weighted by Crippen LogP contribution is 2.25. The van der Waals surface area contributed by atoms with Crippen molar-refractivity contribution in [3.05, 3.63) is 0 Å². The molecule has 6 heteroatoms. The zero-order valence-corrected chi connectivity index (χ0v) is 27.4. The van der Waals surface area contributed by atoms with E-state index in [0.717, 1.165) is 12.8 Å². The first-order valence-corrected chi connectivity index (χ1v) is 17.3. The molecule has 5 unspecified atom stereocenters. The molecule has 2 N–H and O–H groups in total. The van der Waals surface area contributed by atoms with E-state index in [4.69, 9.17) is 27.2 Å². The Labute approximate surface area is 251 Å². The summed E-state index contributed by atoms with van der Waals surface area (Å²) in [5.74, 6) is 0. The van der Waals surface area contributed by atoms with Gasteiger partial charge in [0.2, 0.25) is 0 Å². The summed E-state index contributed by atoms with van der Waals surface area (Å²) in [7, 11) is 5.67. The molecule has 1 fully saturated rings. The minimum atomic E-state index is -0.787. The van der Waals surface area contributed by atoms with Crippen molar-refractivity contribution in [2.24, 2.45) is 0 Å². The van der Waals surface area contributed by atoms with E-state index in [1.54, 1.807) is 0 Å². The molecule has 1 heterocycles. The van der Waals surface area contributed by atoms with Gasteiger partial charge in [0.25, 0.3) is 0 Å². The first kappa shape index (κ1) is 39.9. The summed E-state index contributed by atoms with van der Waals surface area (Å²) in [5.41, 5.74) is 0. The van der Waals surface area contributed by atoms with Crippen LogP contribution < -0.4 is 0 Å². The van der Waals surface area contributed by atoms with Gasteiger partial charge in [-0.1, -0.05) is 136 Å². The third kappa shape index (κ3) is 23.4. The number of hydrogen-bond acceptors (Lipinski definition) is 5. The quantitative estimate of drug-likeness (QED) is 0.0807. The molecule has 0 spiro atoms. The summed E-state index contributed by atoms with van der Waals surface area (Å²) in [4.78, 5) is 0. The van der Waals surface area contributed by atoms with E-state index >= 15 is 0 Å². The van der Waals surface area contributed by atoms with Gasteiger partial charge in [-0.15, -0.1) is 0 Å². The number of rotatable bonds is 26. The lowest BCUT2D eigenvalue weighted by Gasteiger charge is -2.25. The van der Waals surface area contributed by atoms with Gasteiger partial charge in [-0.3, -0.25) is 0 Å². The molecule has 0 aromatic heterocycles. The molecule has 238 valence electrons. The first-order chi connectivity index (χ1) is 19.4. The van der Waals surface area contributed by atoms with Crippen molar-refractivity contribution in [3.63, 3.8) is 0 Å².